The number of anilines is 1. The van der Waals surface area contributed by atoms with Crippen LogP contribution < -0.4 is 4.90 Å². The summed E-state index contributed by atoms with van der Waals surface area (Å²) in [5.41, 5.74) is 1.29. The van der Waals surface area contributed by atoms with Gasteiger partial charge in [0.1, 0.15) is 12.4 Å². The van der Waals surface area contributed by atoms with Crippen LogP contribution in [0, 0.1) is 5.82 Å². The smallest absolute Gasteiger partial charge is 0.325 e. The summed E-state index contributed by atoms with van der Waals surface area (Å²) < 4.78 is 18.1. The maximum atomic E-state index is 13.2. The number of hydrogen-bond donors (Lipinski definition) is 1. The second-order valence-corrected chi connectivity index (χ2v) is 4.45. The molecule has 5 nitrogen and oxygen atoms in total. The number of rotatable bonds is 6. The first kappa shape index (κ1) is 14.3. The Balaban J connectivity index is 2.24. The van der Waals surface area contributed by atoms with Crippen LogP contribution >= 0.6 is 0 Å². The minimum absolute atomic E-state index is 0.129. The van der Waals surface area contributed by atoms with Crippen molar-refractivity contribution in [2.45, 2.75) is 20.3 Å². The maximum Gasteiger partial charge on any atom is 0.325 e. The molecule has 6 heteroatoms. The third kappa shape index (κ3) is 3.26. The molecule has 1 heterocycles. The first-order chi connectivity index (χ1) is 9.63. The molecular weight excluding hydrogens is 261 g/mol. The highest BCUT2D eigenvalue weighted by molar-refractivity contribution is 5.79. The van der Waals surface area contributed by atoms with E-state index in [0.29, 0.717) is 30.1 Å². The molecular formula is C14H18FN3O2. The van der Waals surface area contributed by atoms with Crippen LogP contribution in [0.1, 0.15) is 20.3 Å². The van der Waals surface area contributed by atoms with Crippen LogP contribution in [0.5, 0.6) is 0 Å². The SMILES string of the molecule is CCCN(CC(=O)OCC)c1nc2ccc(F)cc2[nH]1. The summed E-state index contributed by atoms with van der Waals surface area (Å²) in [6.07, 6.45) is 0.866. The summed E-state index contributed by atoms with van der Waals surface area (Å²) in [5, 5.41) is 0. The van der Waals surface area contributed by atoms with E-state index in [-0.39, 0.29) is 18.3 Å². The standard InChI is InChI=1S/C14H18FN3O2/c1-3-7-18(9-13(19)20-4-2)14-16-11-6-5-10(15)8-12(11)17-14/h5-6,8H,3-4,7,9H2,1-2H3,(H,16,17). The van der Waals surface area contributed by atoms with Crippen molar-refractivity contribution in [2.75, 3.05) is 24.6 Å². The lowest BCUT2D eigenvalue weighted by Crippen LogP contribution is -2.32. The third-order valence-electron chi connectivity index (χ3n) is 2.85. The van der Waals surface area contributed by atoms with Gasteiger partial charge in [0, 0.05) is 6.54 Å². The van der Waals surface area contributed by atoms with Gasteiger partial charge >= 0.3 is 5.97 Å². The quantitative estimate of drug-likeness (QED) is 0.825. The van der Waals surface area contributed by atoms with E-state index < -0.39 is 0 Å². The minimum Gasteiger partial charge on any atom is -0.465 e. The van der Waals surface area contributed by atoms with Crippen LogP contribution in [-0.4, -0.2) is 35.6 Å². The molecule has 20 heavy (non-hydrogen) atoms. The van der Waals surface area contributed by atoms with Crippen LogP contribution in [-0.2, 0) is 9.53 Å². The summed E-state index contributed by atoms with van der Waals surface area (Å²) in [6, 6.07) is 4.36. The second kappa shape index (κ2) is 6.36. The highest BCUT2D eigenvalue weighted by Crippen LogP contribution is 2.18. The minimum atomic E-state index is -0.319. The molecule has 1 aromatic heterocycles. The molecule has 0 bridgehead atoms. The van der Waals surface area contributed by atoms with E-state index >= 15 is 0 Å². The van der Waals surface area contributed by atoms with Gasteiger partial charge in [-0.1, -0.05) is 6.92 Å². The Morgan fingerprint density at radius 2 is 2.25 bits per heavy atom. The predicted molar refractivity (Wildman–Crippen MR) is 75.2 cm³/mol. The first-order valence-electron chi connectivity index (χ1n) is 6.69. The van der Waals surface area contributed by atoms with Crippen molar-refractivity contribution in [3.63, 3.8) is 0 Å². The van der Waals surface area contributed by atoms with Crippen molar-refractivity contribution < 1.29 is 13.9 Å². The molecule has 0 aliphatic carbocycles. The lowest BCUT2D eigenvalue weighted by atomic mass is 10.3. The molecule has 0 atom stereocenters. The Bertz CT molecular complexity index is 597. The topological polar surface area (TPSA) is 58.2 Å². The Morgan fingerprint density at radius 1 is 1.45 bits per heavy atom. The molecule has 0 fully saturated rings. The summed E-state index contributed by atoms with van der Waals surface area (Å²) >= 11 is 0. The van der Waals surface area contributed by atoms with Crippen molar-refractivity contribution in [1.29, 1.82) is 0 Å². The molecule has 0 aliphatic rings. The van der Waals surface area contributed by atoms with E-state index in [1.807, 2.05) is 6.92 Å². The lowest BCUT2D eigenvalue weighted by Gasteiger charge is -2.19. The molecule has 0 aliphatic heterocycles. The van der Waals surface area contributed by atoms with Crippen LogP contribution in [0.15, 0.2) is 18.2 Å². The number of imidazole rings is 1. The number of carbonyl (C=O) groups excluding carboxylic acids is 1. The largest absolute Gasteiger partial charge is 0.465 e. The molecule has 108 valence electrons. The van der Waals surface area contributed by atoms with Crippen molar-refractivity contribution in [2.24, 2.45) is 0 Å². The monoisotopic (exact) mass is 279 g/mol. The molecule has 0 spiro atoms. The number of aromatic amines is 1. The summed E-state index contributed by atoms with van der Waals surface area (Å²) in [7, 11) is 0. The van der Waals surface area contributed by atoms with Crippen LogP contribution in [0.3, 0.4) is 0 Å². The number of benzene rings is 1. The zero-order chi connectivity index (χ0) is 14.5. The Hall–Kier alpha value is -2.11. The van der Waals surface area contributed by atoms with Crippen LogP contribution in [0.2, 0.25) is 0 Å². The van der Waals surface area contributed by atoms with Gasteiger partial charge in [-0.25, -0.2) is 9.37 Å². The van der Waals surface area contributed by atoms with Crippen LogP contribution in [0.4, 0.5) is 10.3 Å². The molecule has 2 rings (SSSR count). The zero-order valence-corrected chi connectivity index (χ0v) is 11.6. The Morgan fingerprint density at radius 3 is 2.95 bits per heavy atom. The van der Waals surface area contributed by atoms with E-state index in [9.17, 15) is 9.18 Å². The van der Waals surface area contributed by atoms with Crippen molar-refractivity contribution in [3.05, 3.63) is 24.0 Å². The summed E-state index contributed by atoms with van der Waals surface area (Å²) in [5.74, 6) is -0.0618. The van der Waals surface area contributed by atoms with Gasteiger partial charge in [-0.2, -0.15) is 0 Å². The van der Waals surface area contributed by atoms with E-state index in [1.165, 1.54) is 12.1 Å². The zero-order valence-electron chi connectivity index (χ0n) is 11.6. The summed E-state index contributed by atoms with van der Waals surface area (Å²) in [4.78, 5) is 20.8. The number of carbonyl (C=O) groups is 1. The normalized spacial score (nSPS) is 10.8. The molecule has 0 amide bonds. The average Bonchev–Trinajstić information content (AvgIpc) is 2.81. The number of ether oxygens (including phenoxy) is 1. The maximum absolute atomic E-state index is 13.2. The molecule has 0 saturated carbocycles. The van der Waals surface area contributed by atoms with E-state index in [4.69, 9.17) is 4.74 Å². The molecule has 1 N–H and O–H groups in total. The number of halogens is 1. The number of hydrogen-bond acceptors (Lipinski definition) is 4. The van der Waals surface area contributed by atoms with Gasteiger partial charge < -0.3 is 14.6 Å². The number of esters is 1. The number of fused-ring (bicyclic) bond motifs is 1. The predicted octanol–water partition coefficient (Wildman–Crippen LogP) is 2.48. The number of nitrogens with one attached hydrogen (secondary N) is 1. The lowest BCUT2D eigenvalue weighted by molar-refractivity contribution is -0.141. The van der Waals surface area contributed by atoms with Gasteiger partial charge in [0.2, 0.25) is 5.95 Å². The molecule has 1 aromatic carbocycles. The number of nitrogens with zero attached hydrogens (tertiary/aromatic N) is 2. The fourth-order valence-electron chi connectivity index (χ4n) is 2.01. The Kier molecular flexibility index (Phi) is 4.55. The molecule has 2 aromatic rings. The van der Waals surface area contributed by atoms with Gasteiger partial charge in [0.05, 0.1) is 17.6 Å². The number of aromatic nitrogens is 2. The van der Waals surface area contributed by atoms with Gasteiger partial charge in [-0.15, -0.1) is 0 Å². The summed E-state index contributed by atoms with van der Waals surface area (Å²) in [6.45, 7) is 4.93. The molecule has 0 radical (unpaired) electrons. The van der Waals surface area contributed by atoms with Crippen molar-refractivity contribution in [3.8, 4) is 0 Å². The van der Waals surface area contributed by atoms with E-state index in [2.05, 4.69) is 9.97 Å². The van der Waals surface area contributed by atoms with E-state index in [0.717, 1.165) is 6.42 Å². The fraction of sp³-hybridized carbons (Fsp3) is 0.429. The highest BCUT2D eigenvalue weighted by Gasteiger charge is 2.15. The van der Waals surface area contributed by atoms with Crippen molar-refractivity contribution in [1.82, 2.24) is 9.97 Å². The average molecular weight is 279 g/mol. The van der Waals surface area contributed by atoms with E-state index in [1.54, 1.807) is 17.9 Å². The highest BCUT2D eigenvalue weighted by atomic mass is 19.1. The number of H-pyrrole nitrogens is 1. The first-order valence-corrected chi connectivity index (χ1v) is 6.69. The third-order valence-corrected chi connectivity index (χ3v) is 2.85. The van der Waals surface area contributed by atoms with Gasteiger partial charge in [0.15, 0.2) is 0 Å². The molecule has 0 saturated heterocycles. The van der Waals surface area contributed by atoms with Crippen molar-refractivity contribution >= 4 is 23.0 Å². The molecule has 0 unspecified atom stereocenters. The van der Waals surface area contributed by atoms with Gasteiger partial charge in [-0.05, 0) is 31.5 Å². The second-order valence-electron chi connectivity index (χ2n) is 4.45. The van der Waals surface area contributed by atoms with Crippen LogP contribution in [0.25, 0.3) is 11.0 Å². The Labute approximate surface area is 116 Å². The fourth-order valence-corrected chi connectivity index (χ4v) is 2.01. The van der Waals surface area contributed by atoms with Gasteiger partial charge in [0.25, 0.3) is 0 Å². The van der Waals surface area contributed by atoms with Gasteiger partial charge in [-0.3, -0.25) is 4.79 Å².